The first-order chi connectivity index (χ1) is 8.52. The Kier molecular flexibility index (Phi) is 5.14. The van der Waals surface area contributed by atoms with Crippen molar-refractivity contribution in [2.24, 2.45) is 0 Å². The number of nitrogens with zero attached hydrogens (tertiary/aromatic N) is 1. The summed E-state index contributed by atoms with van der Waals surface area (Å²) >= 11 is 0. The van der Waals surface area contributed by atoms with Crippen molar-refractivity contribution >= 4 is 0 Å². The fraction of sp³-hybridized carbons (Fsp3) is 0.500. The van der Waals surface area contributed by atoms with Crippen molar-refractivity contribution in [1.82, 2.24) is 5.32 Å². The van der Waals surface area contributed by atoms with E-state index < -0.39 is 0 Å². The molecule has 0 saturated carbocycles. The summed E-state index contributed by atoms with van der Waals surface area (Å²) in [7, 11) is 3.31. The van der Waals surface area contributed by atoms with Crippen LogP contribution in [0, 0.1) is 11.3 Å². The van der Waals surface area contributed by atoms with Crippen LogP contribution in [0.25, 0.3) is 0 Å². The fourth-order valence-corrected chi connectivity index (χ4v) is 1.73. The fourth-order valence-electron chi connectivity index (χ4n) is 1.73. The molecule has 0 aliphatic carbocycles. The predicted octanol–water partition coefficient (Wildman–Crippen LogP) is 2.08. The molecule has 4 heteroatoms. The summed E-state index contributed by atoms with van der Waals surface area (Å²) in [5.41, 5.74) is 1.49. The maximum atomic E-state index is 8.91. The topological polar surface area (TPSA) is 54.3 Å². The molecule has 1 aromatic rings. The Morgan fingerprint density at radius 2 is 2.06 bits per heavy atom. The maximum absolute atomic E-state index is 8.91. The third kappa shape index (κ3) is 4.02. The molecule has 0 atom stereocenters. The molecule has 0 bridgehead atoms. The molecule has 98 valence electrons. The Bertz CT molecular complexity index is 436. The molecular weight excluding hydrogens is 228 g/mol. The Balaban J connectivity index is 2.80. The lowest BCUT2D eigenvalue weighted by atomic mass is 10.1. The van der Waals surface area contributed by atoms with E-state index in [9.17, 15) is 0 Å². The number of methoxy groups -OCH3 is 2. The first-order valence-corrected chi connectivity index (χ1v) is 5.83. The zero-order valence-electron chi connectivity index (χ0n) is 11.4. The van der Waals surface area contributed by atoms with Crippen LogP contribution < -0.4 is 10.1 Å². The van der Waals surface area contributed by atoms with Gasteiger partial charge in [0.2, 0.25) is 0 Å². The standard InChI is InChI=1S/C14H20N2O2/c1-14(2,10-17-3)16-9-12-7-11(8-15)5-6-13(12)18-4/h5-7,16H,9-10H2,1-4H3. The van der Waals surface area contributed by atoms with Crippen LogP contribution in [-0.2, 0) is 11.3 Å². The minimum absolute atomic E-state index is 0.123. The first kappa shape index (κ1) is 14.5. The maximum Gasteiger partial charge on any atom is 0.123 e. The van der Waals surface area contributed by atoms with E-state index >= 15 is 0 Å². The van der Waals surface area contributed by atoms with Crippen LogP contribution in [0.4, 0.5) is 0 Å². The number of nitriles is 1. The molecule has 0 spiro atoms. The second-order valence-corrected chi connectivity index (χ2v) is 4.81. The van der Waals surface area contributed by atoms with E-state index in [1.54, 1.807) is 20.3 Å². The Hall–Kier alpha value is -1.57. The lowest BCUT2D eigenvalue weighted by Gasteiger charge is -2.25. The highest BCUT2D eigenvalue weighted by Crippen LogP contribution is 2.20. The smallest absolute Gasteiger partial charge is 0.123 e. The van der Waals surface area contributed by atoms with Gasteiger partial charge < -0.3 is 14.8 Å². The summed E-state index contributed by atoms with van der Waals surface area (Å²) in [5, 5.41) is 12.3. The molecule has 0 amide bonds. The van der Waals surface area contributed by atoms with Gasteiger partial charge in [0.05, 0.1) is 25.3 Å². The van der Waals surface area contributed by atoms with Gasteiger partial charge in [0, 0.05) is 24.8 Å². The SMILES string of the molecule is COCC(C)(C)NCc1cc(C#N)ccc1OC. The van der Waals surface area contributed by atoms with Crippen LogP contribution in [0.15, 0.2) is 18.2 Å². The highest BCUT2D eigenvalue weighted by molar-refractivity contribution is 5.42. The molecule has 18 heavy (non-hydrogen) atoms. The number of nitrogens with one attached hydrogen (secondary N) is 1. The summed E-state index contributed by atoms with van der Waals surface area (Å²) in [5.74, 6) is 0.787. The molecule has 1 N–H and O–H groups in total. The second-order valence-electron chi connectivity index (χ2n) is 4.81. The number of ether oxygens (including phenoxy) is 2. The van der Waals surface area contributed by atoms with E-state index in [0.29, 0.717) is 18.7 Å². The molecular formula is C14H20N2O2. The molecule has 1 aromatic carbocycles. The van der Waals surface area contributed by atoms with Crippen LogP contribution in [0.2, 0.25) is 0 Å². The van der Waals surface area contributed by atoms with Crippen LogP contribution in [0.1, 0.15) is 25.0 Å². The average molecular weight is 248 g/mol. The minimum atomic E-state index is -0.123. The number of benzene rings is 1. The summed E-state index contributed by atoms with van der Waals surface area (Å²) in [4.78, 5) is 0. The lowest BCUT2D eigenvalue weighted by molar-refractivity contribution is 0.127. The Morgan fingerprint density at radius 3 is 2.61 bits per heavy atom. The van der Waals surface area contributed by atoms with E-state index in [4.69, 9.17) is 14.7 Å². The average Bonchev–Trinajstić information content (AvgIpc) is 2.36. The van der Waals surface area contributed by atoms with Crippen LogP contribution >= 0.6 is 0 Å². The number of hydrogen-bond acceptors (Lipinski definition) is 4. The molecule has 0 saturated heterocycles. The summed E-state index contributed by atoms with van der Waals surface area (Å²) in [6.45, 7) is 5.39. The van der Waals surface area contributed by atoms with E-state index in [2.05, 4.69) is 25.2 Å². The van der Waals surface area contributed by atoms with E-state index in [0.717, 1.165) is 11.3 Å². The van der Waals surface area contributed by atoms with Gasteiger partial charge in [-0.15, -0.1) is 0 Å². The molecule has 0 unspecified atom stereocenters. The monoisotopic (exact) mass is 248 g/mol. The summed E-state index contributed by atoms with van der Waals surface area (Å²) in [6.07, 6.45) is 0. The molecule has 0 heterocycles. The Morgan fingerprint density at radius 1 is 1.33 bits per heavy atom. The van der Waals surface area contributed by atoms with E-state index in [1.807, 2.05) is 12.1 Å². The van der Waals surface area contributed by atoms with Gasteiger partial charge in [-0.25, -0.2) is 0 Å². The number of hydrogen-bond donors (Lipinski definition) is 1. The largest absolute Gasteiger partial charge is 0.496 e. The van der Waals surface area contributed by atoms with Crippen molar-refractivity contribution < 1.29 is 9.47 Å². The molecule has 0 fully saturated rings. The zero-order valence-corrected chi connectivity index (χ0v) is 11.4. The van der Waals surface area contributed by atoms with Crippen molar-refractivity contribution in [3.8, 4) is 11.8 Å². The minimum Gasteiger partial charge on any atom is -0.496 e. The van der Waals surface area contributed by atoms with Gasteiger partial charge in [-0.05, 0) is 32.0 Å². The highest BCUT2D eigenvalue weighted by Gasteiger charge is 2.17. The first-order valence-electron chi connectivity index (χ1n) is 5.83. The van der Waals surface area contributed by atoms with Gasteiger partial charge in [-0.2, -0.15) is 5.26 Å². The van der Waals surface area contributed by atoms with Crippen molar-refractivity contribution in [3.05, 3.63) is 29.3 Å². The predicted molar refractivity (Wildman–Crippen MR) is 70.5 cm³/mol. The quantitative estimate of drug-likeness (QED) is 0.837. The summed E-state index contributed by atoms with van der Waals surface area (Å²) in [6, 6.07) is 7.55. The van der Waals surface area contributed by atoms with Crippen LogP contribution in [-0.4, -0.2) is 26.4 Å². The normalized spacial score (nSPS) is 11.1. The van der Waals surface area contributed by atoms with Crippen molar-refractivity contribution in [3.63, 3.8) is 0 Å². The van der Waals surface area contributed by atoms with Crippen LogP contribution in [0.3, 0.4) is 0 Å². The molecule has 0 radical (unpaired) electrons. The summed E-state index contributed by atoms with van der Waals surface area (Å²) < 4.78 is 10.4. The van der Waals surface area contributed by atoms with Gasteiger partial charge in [-0.1, -0.05) is 0 Å². The highest BCUT2D eigenvalue weighted by atomic mass is 16.5. The van der Waals surface area contributed by atoms with E-state index in [-0.39, 0.29) is 5.54 Å². The van der Waals surface area contributed by atoms with Crippen molar-refractivity contribution in [2.45, 2.75) is 25.9 Å². The molecule has 4 nitrogen and oxygen atoms in total. The van der Waals surface area contributed by atoms with Gasteiger partial charge in [-0.3, -0.25) is 0 Å². The van der Waals surface area contributed by atoms with Crippen molar-refractivity contribution in [1.29, 1.82) is 5.26 Å². The van der Waals surface area contributed by atoms with Gasteiger partial charge in [0.1, 0.15) is 5.75 Å². The van der Waals surface area contributed by atoms with E-state index in [1.165, 1.54) is 0 Å². The number of rotatable bonds is 6. The third-order valence-electron chi connectivity index (χ3n) is 2.67. The second kappa shape index (κ2) is 6.39. The molecule has 0 aromatic heterocycles. The third-order valence-corrected chi connectivity index (χ3v) is 2.67. The van der Waals surface area contributed by atoms with Gasteiger partial charge in [0.15, 0.2) is 0 Å². The van der Waals surface area contributed by atoms with Gasteiger partial charge >= 0.3 is 0 Å². The molecule has 1 rings (SSSR count). The van der Waals surface area contributed by atoms with Crippen molar-refractivity contribution in [2.75, 3.05) is 20.8 Å². The zero-order chi connectivity index (χ0) is 13.6. The Labute approximate surface area is 109 Å². The molecule has 0 aliphatic heterocycles. The van der Waals surface area contributed by atoms with Crippen LogP contribution in [0.5, 0.6) is 5.75 Å². The molecule has 0 aliphatic rings. The lowest BCUT2D eigenvalue weighted by Crippen LogP contribution is -2.42. The van der Waals surface area contributed by atoms with Gasteiger partial charge in [0.25, 0.3) is 0 Å².